The number of nitrogens with one attached hydrogen (secondary N) is 2. The molecule has 9 heteroatoms. The van der Waals surface area contributed by atoms with E-state index < -0.39 is 10.0 Å². The molecule has 0 aliphatic rings. The molecular weight excluding hydrogens is 430 g/mol. The highest BCUT2D eigenvalue weighted by molar-refractivity contribution is 7.89. The Kier molecular flexibility index (Phi) is 8.68. The third kappa shape index (κ3) is 7.00. The summed E-state index contributed by atoms with van der Waals surface area (Å²) in [5, 5.41) is 2.73. The zero-order chi connectivity index (χ0) is 23.9. The van der Waals surface area contributed by atoms with Crippen LogP contribution in [-0.2, 0) is 21.4 Å². The quantitative estimate of drug-likeness (QED) is 0.530. The average molecular weight is 460 g/mol. The highest BCUT2D eigenvalue weighted by atomic mass is 32.2. The van der Waals surface area contributed by atoms with Crippen LogP contribution in [0.15, 0.2) is 53.4 Å². The molecule has 32 heavy (non-hydrogen) atoms. The van der Waals surface area contributed by atoms with E-state index >= 15 is 0 Å². The largest absolute Gasteiger partial charge is 0.352 e. The van der Waals surface area contributed by atoms with Gasteiger partial charge in [-0.1, -0.05) is 24.3 Å². The van der Waals surface area contributed by atoms with Gasteiger partial charge in [-0.15, -0.1) is 0 Å². The maximum atomic E-state index is 12.3. The predicted octanol–water partition coefficient (Wildman–Crippen LogP) is 2.35. The Balaban J connectivity index is 1.81. The third-order valence-corrected chi connectivity index (χ3v) is 6.48. The van der Waals surface area contributed by atoms with Crippen LogP contribution in [0.4, 0.5) is 0 Å². The number of hydrogen-bond acceptors (Lipinski definition) is 5. The lowest BCUT2D eigenvalue weighted by molar-refractivity contribution is -0.121. The van der Waals surface area contributed by atoms with Crippen LogP contribution >= 0.6 is 0 Å². The number of rotatable bonds is 10. The molecule has 2 aromatic carbocycles. The first-order valence-corrected chi connectivity index (χ1v) is 11.7. The second-order valence-corrected chi connectivity index (χ2v) is 9.48. The minimum Gasteiger partial charge on any atom is -0.352 e. The van der Waals surface area contributed by atoms with Gasteiger partial charge in [-0.25, -0.2) is 13.1 Å². The van der Waals surface area contributed by atoms with Gasteiger partial charge in [0.15, 0.2) is 5.78 Å². The summed E-state index contributed by atoms with van der Waals surface area (Å²) in [5.74, 6) is -0.527. The Morgan fingerprint density at radius 3 is 2.03 bits per heavy atom. The average Bonchev–Trinajstić information content (AvgIpc) is 2.76. The van der Waals surface area contributed by atoms with Gasteiger partial charge in [-0.3, -0.25) is 14.4 Å². The van der Waals surface area contributed by atoms with Gasteiger partial charge in [0.05, 0.1) is 4.90 Å². The van der Waals surface area contributed by atoms with Crippen molar-refractivity contribution < 1.29 is 22.8 Å². The number of carbonyl (C=O) groups excluding carboxylic acids is 3. The van der Waals surface area contributed by atoms with E-state index in [1.54, 1.807) is 36.2 Å². The van der Waals surface area contributed by atoms with Gasteiger partial charge in [-0.05, 0) is 50.6 Å². The van der Waals surface area contributed by atoms with Crippen molar-refractivity contribution in [3.63, 3.8) is 0 Å². The van der Waals surface area contributed by atoms with Gasteiger partial charge in [0.2, 0.25) is 15.9 Å². The Morgan fingerprint density at radius 2 is 1.50 bits per heavy atom. The van der Waals surface area contributed by atoms with E-state index in [9.17, 15) is 22.8 Å². The summed E-state index contributed by atoms with van der Waals surface area (Å²) < 4.78 is 27.0. The summed E-state index contributed by atoms with van der Waals surface area (Å²) in [6, 6.07) is 12.7. The Labute approximate surface area is 189 Å². The fourth-order valence-electron chi connectivity index (χ4n) is 2.74. The monoisotopic (exact) mass is 459 g/mol. The highest BCUT2D eigenvalue weighted by Crippen LogP contribution is 2.11. The van der Waals surface area contributed by atoms with Crippen molar-refractivity contribution in [1.29, 1.82) is 0 Å². The van der Waals surface area contributed by atoms with E-state index in [1.807, 2.05) is 13.8 Å². The number of benzene rings is 2. The first-order chi connectivity index (χ1) is 15.0. The number of sulfonamides is 1. The fourth-order valence-corrected chi connectivity index (χ4v) is 3.78. The molecule has 0 spiro atoms. The van der Waals surface area contributed by atoms with Crippen molar-refractivity contribution >= 4 is 27.6 Å². The van der Waals surface area contributed by atoms with Crippen LogP contribution in [0.2, 0.25) is 0 Å². The summed E-state index contributed by atoms with van der Waals surface area (Å²) in [5.41, 5.74) is 1.82. The van der Waals surface area contributed by atoms with Gasteiger partial charge in [-0.2, -0.15) is 0 Å². The van der Waals surface area contributed by atoms with Gasteiger partial charge < -0.3 is 10.2 Å². The molecule has 0 bridgehead atoms. The van der Waals surface area contributed by atoms with Gasteiger partial charge in [0.25, 0.3) is 5.91 Å². The van der Waals surface area contributed by atoms with Crippen LogP contribution < -0.4 is 10.0 Å². The van der Waals surface area contributed by atoms with E-state index in [0.29, 0.717) is 11.1 Å². The Hall–Kier alpha value is -3.04. The summed E-state index contributed by atoms with van der Waals surface area (Å²) in [6.45, 7) is 5.49. The molecule has 0 aliphatic heterocycles. The van der Waals surface area contributed by atoms with Crippen LogP contribution in [0.25, 0.3) is 0 Å². The molecule has 0 saturated carbocycles. The molecule has 0 radical (unpaired) electrons. The number of carbonyl (C=O) groups is 3. The number of ketones is 1. The van der Waals surface area contributed by atoms with Crippen molar-refractivity contribution in [3.05, 3.63) is 65.2 Å². The molecule has 0 aliphatic carbocycles. The van der Waals surface area contributed by atoms with Gasteiger partial charge in [0, 0.05) is 43.7 Å². The van der Waals surface area contributed by atoms with E-state index in [-0.39, 0.29) is 48.0 Å². The molecule has 2 amide bonds. The predicted molar refractivity (Wildman–Crippen MR) is 122 cm³/mol. The summed E-state index contributed by atoms with van der Waals surface area (Å²) in [6.07, 6.45) is -0.0273. The fraction of sp³-hybridized carbons (Fsp3) is 0.348. The lowest BCUT2D eigenvalue weighted by atomic mass is 10.1. The van der Waals surface area contributed by atoms with Crippen LogP contribution in [0.3, 0.4) is 0 Å². The number of hydrogen-bond donors (Lipinski definition) is 2. The van der Waals surface area contributed by atoms with Crippen molar-refractivity contribution in [2.24, 2.45) is 0 Å². The molecule has 0 saturated heterocycles. The smallest absolute Gasteiger partial charge is 0.253 e. The van der Waals surface area contributed by atoms with E-state index in [0.717, 1.165) is 5.56 Å². The van der Waals surface area contributed by atoms with E-state index in [4.69, 9.17) is 0 Å². The Bertz CT molecular complexity index is 1060. The normalized spacial score (nSPS) is 11.3. The van der Waals surface area contributed by atoms with Crippen LogP contribution in [-0.4, -0.2) is 50.5 Å². The van der Waals surface area contributed by atoms with Crippen LogP contribution in [0.1, 0.15) is 53.5 Å². The first-order valence-electron chi connectivity index (χ1n) is 10.2. The van der Waals surface area contributed by atoms with Crippen LogP contribution in [0, 0.1) is 0 Å². The number of amides is 2. The second-order valence-electron chi connectivity index (χ2n) is 7.71. The minimum absolute atomic E-state index is 0.0273. The number of Topliss-reactive ketones (excluding diaryl/α,β-unsaturated/α-hetero) is 1. The minimum atomic E-state index is -3.77. The highest BCUT2D eigenvalue weighted by Gasteiger charge is 2.15. The molecule has 8 nitrogen and oxygen atoms in total. The number of nitrogens with zero attached hydrogens (tertiary/aromatic N) is 1. The molecule has 2 rings (SSSR count). The molecule has 0 atom stereocenters. The molecular formula is C23H29N3O5S. The van der Waals surface area contributed by atoms with E-state index in [2.05, 4.69) is 10.0 Å². The maximum Gasteiger partial charge on any atom is 0.253 e. The molecule has 172 valence electrons. The zero-order valence-corrected chi connectivity index (χ0v) is 19.5. The first kappa shape index (κ1) is 25.2. The van der Waals surface area contributed by atoms with E-state index in [1.165, 1.54) is 31.2 Å². The Morgan fingerprint density at radius 1 is 0.938 bits per heavy atom. The van der Waals surface area contributed by atoms with Crippen LogP contribution in [0.5, 0.6) is 0 Å². The van der Waals surface area contributed by atoms with Gasteiger partial charge >= 0.3 is 0 Å². The molecule has 0 unspecified atom stereocenters. The third-order valence-electron chi connectivity index (χ3n) is 5.00. The van der Waals surface area contributed by atoms with Crippen molar-refractivity contribution in [2.45, 2.75) is 44.7 Å². The zero-order valence-electron chi connectivity index (χ0n) is 18.7. The second kappa shape index (κ2) is 11.0. The lowest BCUT2D eigenvalue weighted by Gasteiger charge is -2.21. The van der Waals surface area contributed by atoms with Crippen molar-refractivity contribution in [3.8, 4) is 0 Å². The topological polar surface area (TPSA) is 113 Å². The summed E-state index contributed by atoms with van der Waals surface area (Å²) >= 11 is 0. The van der Waals surface area contributed by atoms with Gasteiger partial charge in [0.1, 0.15) is 0 Å². The molecule has 0 aromatic heterocycles. The standard InChI is InChI=1S/C23H29N3O5S/c1-16(2)26(4)23(29)20-7-5-18(6-8-20)15-24-22(28)13-14-25-32(30,31)21-11-9-19(10-12-21)17(3)27/h5-12,16,25H,13-15H2,1-4H3,(H,24,28). The van der Waals surface area contributed by atoms with Crippen molar-refractivity contribution in [2.75, 3.05) is 13.6 Å². The molecule has 0 fully saturated rings. The summed E-state index contributed by atoms with van der Waals surface area (Å²) in [7, 11) is -2.02. The van der Waals surface area contributed by atoms with Crippen molar-refractivity contribution in [1.82, 2.24) is 14.9 Å². The SMILES string of the molecule is CC(=O)c1ccc(S(=O)(=O)NCCC(=O)NCc2ccc(C(=O)N(C)C(C)C)cc2)cc1. The molecule has 0 heterocycles. The lowest BCUT2D eigenvalue weighted by Crippen LogP contribution is -2.33. The maximum absolute atomic E-state index is 12.3. The summed E-state index contributed by atoms with van der Waals surface area (Å²) in [4.78, 5) is 37.3. The molecule has 2 aromatic rings. The molecule has 2 N–H and O–H groups in total.